The van der Waals surface area contributed by atoms with E-state index >= 15 is 0 Å². The molecular formula is C16H20N2O12S3. The molecule has 2 heterocycles. The Morgan fingerprint density at radius 3 is 2.36 bits per heavy atom. The molecule has 17 heteroatoms. The minimum Gasteiger partial charge on any atom is -0.394 e. The molecular weight excluding hydrogens is 508 g/mol. The first-order valence-corrected chi connectivity index (χ1v) is 12.7. The van der Waals surface area contributed by atoms with Crippen molar-refractivity contribution in [2.75, 3.05) is 6.61 Å². The molecule has 0 aliphatic carbocycles. The highest BCUT2D eigenvalue weighted by molar-refractivity contribution is 8.14. The van der Waals surface area contributed by atoms with Gasteiger partial charge in [0, 0.05) is 18.0 Å². The number of hydrogen-bond donors (Lipinski definition) is 6. The van der Waals surface area contributed by atoms with Gasteiger partial charge in [0.05, 0.1) is 12.1 Å². The predicted molar refractivity (Wildman–Crippen MR) is 114 cm³/mol. The number of aliphatic hydroxyl groups excluding tert-OH is 4. The fourth-order valence-electron chi connectivity index (χ4n) is 3.20. The number of rotatable bonds is 7. The molecule has 6 N–H and O–H groups in total. The van der Waals surface area contributed by atoms with Crippen LogP contribution < -0.4 is 0 Å². The number of para-hydroxylation sites is 1. The van der Waals surface area contributed by atoms with Crippen molar-refractivity contribution in [3.05, 3.63) is 36.0 Å². The van der Waals surface area contributed by atoms with Crippen LogP contribution in [0.4, 0.5) is 0 Å². The van der Waals surface area contributed by atoms with E-state index < -0.39 is 57.2 Å². The Balaban J connectivity index is 1.98. The number of thioether (sulfide) groups is 1. The third kappa shape index (κ3) is 6.01. The minimum atomic E-state index is -5.04. The lowest BCUT2D eigenvalue weighted by Gasteiger charge is -2.39. The van der Waals surface area contributed by atoms with Crippen LogP contribution in [0.1, 0.15) is 5.56 Å². The molecule has 1 aliphatic heterocycles. The maximum Gasteiger partial charge on any atom is 0.466 e. The fourth-order valence-corrected chi connectivity index (χ4v) is 5.18. The van der Waals surface area contributed by atoms with E-state index in [4.69, 9.17) is 9.29 Å². The molecule has 1 aliphatic rings. The number of nitrogens with zero attached hydrogens (tertiary/aromatic N) is 2. The lowest BCUT2D eigenvalue weighted by molar-refractivity contribution is -0.205. The van der Waals surface area contributed by atoms with Crippen molar-refractivity contribution >= 4 is 48.4 Å². The summed E-state index contributed by atoms with van der Waals surface area (Å²) in [5.74, 6) is 0. The van der Waals surface area contributed by atoms with Crippen LogP contribution in [0.15, 0.2) is 35.6 Å². The molecule has 1 fully saturated rings. The average Bonchev–Trinajstić information content (AvgIpc) is 3.11. The van der Waals surface area contributed by atoms with Crippen LogP contribution >= 0.6 is 11.8 Å². The second-order valence-corrected chi connectivity index (χ2v) is 10.4. The highest BCUT2D eigenvalue weighted by Gasteiger charge is 2.44. The van der Waals surface area contributed by atoms with Crippen molar-refractivity contribution in [1.29, 1.82) is 0 Å². The number of hydrogen-bond acceptors (Lipinski definition) is 12. The summed E-state index contributed by atoms with van der Waals surface area (Å²) in [6.45, 7) is -0.710. The van der Waals surface area contributed by atoms with Gasteiger partial charge in [-0.25, -0.2) is 8.26 Å². The zero-order valence-corrected chi connectivity index (χ0v) is 18.9. The number of oxime groups is 1. The van der Waals surface area contributed by atoms with E-state index in [1.807, 2.05) is 0 Å². The summed E-state index contributed by atoms with van der Waals surface area (Å²) in [6, 6.07) is 6.03. The number of ether oxygens (including phenoxy) is 1. The smallest absolute Gasteiger partial charge is 0.394 e. The minimum absolute atomic E-state index is 0.0999. The average molecular weight is 529 g/mol. The second-order valence-electron chi connectivity index (χ2n) is 6.92. The van der Waals surface area contributed by atoms with Gasteiger partial charge < -0.3 is 25.2 Å². The molecule has 3 rings (SSSR count). The first-order valence-electron chi connectivity index (χ1n) is 9.09. The zero-order valence-electron chi connectivity index (χ0n) is 16.4. The molecule has 2 aromatic rings. The number of aromatic nitrogens is 1. The summed E-state index contributed by atoms with van der Waals surface area (Å²) in [7, 11) is -9.73. The first kappa shape index (κ1) is 25.8. The summed E-state index contributed by atoms with van der Waals surface area (Å²) in [4.78, 5) is 0. The standard InChI is InChI=1S/C16H20N2O12S3/c19-7-11-13(20)14(21)15(22)16(29-11)31-12(17-30-33(26,27)28)5-8-6-18(32(23,24)25)10-4-2-1-3-9(8)10/h1-4,6,11,13-16,19-22H,5,7H2,(H,23,24,25)(H,26,27,28). The lowest BCUT2D eigenvalue weighted by atomic mass is 10.0. The topological polar surface area (TPSA) is 225 Å². The van der Waals surface area contributed by atoms with Crippen molar-refractivity contribution in [1.82, 2.24) is 3.97 Å². The quantitative estimate of drug-likeness (QED) is 0.104. The van der Waals surface area contributed by atoms with E-state index in [2.05, 4.69) is 9.44 Å². The Bertz CT molecular complexity index is 1240. The molecule has 184 valence electrons. The zero-order chi connectivity index (χ0) is 24.6. The van der Waals surface area contributed by atoms with Gasteiger partial charge >= 0.3 is 20.7 Å². The summed E-state index contributed by atoms with van der Waals surface area (Å²) in [5.41, 5.74) is -1.06. The third-order valence-corrected chi connectivity index (χ3v) is 6.86. The Kier molecular flexibility index (Phi) is 7.68. The highest BCUT2D eigenvalue weighted by Crippen LogP contribution is 2.32. The van der Waals surface area contributed by atoms with Crippen molar-refractivity contribution in [3.63, 3.8) is 0 Å². The van der Waals surface area contributed by atoms with E-state index in [1.165, 1.54) is 18.2 Å². The molecule has 0 amide bonds. The third-order valence-electron chi connectivity index (χ3n) is 4.68. The van der Waals surface area contributed by atoms with Crippen molar-refractivity contribution in [2.45, 2.75) is 36.3 Å². The number of benzene rings is 1. The molecule has 0 bridgehead atoms. The number of aliphatic hydroxyl groups is 4. The number of fused-ring (bicyclic) bond motifs is 1. The van der Waals surface area contributed by atoms with Gasteiger partial charge in [0.2, 0.25) is 0 Å². The maximum absolute atomic E-state index is 11.7. The van der Waals surface area contributed by atoms with Crippen LogP contribution in [0, 0.1) is 0 Å². The van der Waals surface area contributed by atoms with E-state index in [9.17, 15) is 41.8 Å². The molecule has 0 saturated carbocycles. The second kappa shape index (κ2) is 9.82. The molecule has 0 radical (unpaired) electrons. The Labute approximate surface area is 191 Å². The van der Waals surface area contributed by atoms with E-state index in [-0.39, 0.29) is 22.5 Å². The Hall–Kier alpha value is -1.80. The molecule has 1 saturated heterocycles. The molecule has 33 heavy (non-hydrogen) atoms. The largest absolute Gasteiger partial charge is 0.466 e. The van der Waals surface area contributed by atoms with E-state index in [0.29, 0.717) is 21.1 Å². The Morgan fingerprint density at radius 1 is 1.09 bits per heavy atom. The van der Waals surface area contributed by atoms with Gasteiger partial charge in [-0.2, -0.15) is 16.8 Å². The summed E-state index contributed by atoms with van der Waals surface area (Å²) < 4.78 is 73.8. The SMILES string of the molecule is O=S(=O)(O)ON=C(Cc1cn(S(=O)(=O)O)c2ccccc12)SC1OC(CO)C(O)C(O)C1O. The molecule has 1 aromatic heterocycles. The van der Waals surface area contributed by atoms with E-state index in [1.54, 1.807) is 6.07 Å². The van der Waals surface area contributed by atoms with Gasteiger partial charge in [-0.15, -0.1) is 0 Å². The molecule has 5 unspecified atom stereocenters. The van der Waals surface area contributed by atoms with Crippen molar-refractivity contribution in [2.24, 2.45) is 5.16 Å². The fraction of sp³-hybridized carbons (Fsp3) is 0.438. The van der Waals surface area contributed by atoms with Crippen LogP contribution in [-0.4, -0.2) is 91.8 Å². The molecule has 1 aromatic carbocycles. The summed E-state index contributed by atoms with van der Waals surface area (Å²) in [6.07, 6.45) is -5.61. The van der Waals surface area contributed by atoms with Crippen LogP contribution in [-0.2, 0) is 36.1 Å². The first-order chi connectivity index (χ1) is 15.3. The van der Waals surface area contributed by atoms with Crippen LogP contribution in [0.25, 0.3) is 10.9 Å². The van der Waals surface area contributed by atoms with Crippen LogP contribution in [0.5, 0.6) is 0 Å². The van der Waals surface area contributed by atoms with Gasteiger partial charge in [0.1, 0.15) is 34.9 Å². The van der Waals surface area contributed by atoms with Crippen molar-refractivity contribution < 1.29 is 55.4 Å². The maximum atomic E-state index is 11.7. The van der Waals surface area contributed by atoms with E-state index in [0.717, 1.165) is 6.20 Å². The lowest BCUT2D eigenvalue weighted by Crippen LogP contribution is -2.57. The summed E-state index contributed by atoms with van der Waals surface area (Å²) >= 11 is 0.533. The van der Waals surface area contributed by atoms with Crippen LogP contribution in [0.3, 0.4) is 0 Å². The van der Waals surface area contributed by atoms with Crippen molar-refractivity contribution in [3.8, 4) is 0 Å². The van der Waals surface area contributed by atoms with Crippen LogP contribution in [0.2, 0.25) is 0 Å². The predicted octanol–water partition coefficient (Wildman–Crippen LogP) is -1.50. The van der Waals surface area contributed by atoms with Gasteiger partial charge in [-0.3, -0.25) is 9.11 Å². The highest BCUT2D eigenvalue weighted by atomic mass is 32.3. The Morgan fingerprint density at radius 2 is 1.76 bits per heavy atom. The van der Waals surface area contributed by atoms with Gasteiger partial charge in [-0.05, 0) is 11.6 Å². The normalized spacial score (nSPS) is 27.1. The molecule has 0 spiro atoms. The summed E-state index contributed by atoms with van der Waals surface area (Å²) in [5, 5.41) is 42.8. The molecule has 5 atom stereocenters. The van der Waals surface area contributed by atoms with Gasteiger partial charge in [-0.1, -0.05) is 35.1 Å². The van der Waals surface area contributed by atoms with Gasteiger partial charge in [0.25, 0.3) is 0 Å². The molecule has 14 nitrogen and oxygen atoms in total. The van der Waals surface area contributed by atoms with Gasteiger partial charge in [0.15, 0.2) is 0 Å². The monoisotopic (exact) mass is 528 g/mol.